The zero-order valence-electron chi connectivity index (χ0n) is 8.51. The summed E-state index contributed by atoms with van der Waals surface area (Å²) < 4.78 is 1.43. The third kappa shape index (κ3) is 2.36. The Labute approximate surface area is 101 Å². The lowest BCUT2D eigenvalue weighted by Crippen LogP contribution is -2.22. The minimum atomic E-state index is -0.0980. The van der Waals surface area contributed by atoms with Crippen molar-refractivity contribution in [1.29, 1.82) is 0 Å². The van der Waals surface area contributed by atoms with Gasteiger partial charge in [-0.2, -0.15) is 5.10 Å². The smallest absolute Gasteiger partial charge is 0.266 e. The van der Waals surface area contributed by atoms with Gasteiger partial charge in [0.25, 0.3) is 5.56 Å². The normalized spacial score (nSPS) is 10.3. The monoisotopic (exact) mass is 279 g/mol. The largest absolute Gasteiger partial charge is 0.268 e. The summed E-state index contributed by atoms with van der Waals surface area (Å²) in [6, 6.07) is 8.81. The molecule has 4 nitrogen and oxygen atoms in total. The first kappa shape index (κ1) is 11.0. The van der Waals surface area contributed by atoms with Crippen molar-refractivity contribution >= 4 is 15.9 Å². The number of hydrogen-bond acceptors (Lipinski definition) is 3. The van der Waals surface area contributed by atoms with Crippen LogP contribution >= 0.6 is 15.9 Å². The van der Waals surface area contributed by atoms with Crippen molar-refractivity contribution < 1.29 is 0 Å². The van der Waals surface area contributed by atoms with Gasteiger partial charge in [-0.25, -0.2) is 4.68 Å². The molecule has 2 heterocycles. The zero-order chi connectivity index (χ0) is 11.4. The SMILES string of the molecule is O=c1ccc(-c2ccccn2)nn1CCBr. The van der Waals surface area contributed by atoms with E-state index in [1.807, 2.05) is 18.2 Å². The van der Waals surface area contributed by atoms with Crippen molar-refractivity contribution in [3.63, 3.8) is 0 Å². The highest BCUT2D eigenvalue weighted by Gasteiger charge is 2.03. The van der Waals surface area contributed by atoms with Crippen LogP contribution in [0.3, 0.4) is 0 Å². The van der Waals surface area contributed by atoms with Gasteiger partial charge in [-0.05, 0) is 18.2 Å². The van der Waals surface area contributed by atoms with E-state index in [1.54, 1.807) is 12.3 Å². The highest BCUT2D eigenvalue weighted by Crippen LogP contribution is 2.10. The van der Waals surface area contributed by atoms with Gasteiger partial charge in [-0.1, -0.05) is 22.0 Å². The van der Waals surface area contributed by atoms with Gasteiger partial charge in [-0.3, -0.25) is 9.78 Å². The molecule has 0 saturated carbocycles. The predicted octanol–water partition coefficient (Wildman–Crippen LogP) is 1.70. The fourth-order valence-electron chi connectivity index (χ4n) is 1.34. The van der Waals surface area contributed by atoms with Gasteiger partial charge < -0.3 is 0 Å². The van der Waals surface area contributed by atoms with E-state index in [4.69, 9.17) is 0 Å². The quantitative estimate of drug-likeness (QED) is 0.804. The van der Waals surface area contributed by atoms with E-state index in [9.17, 15) is 4.79 Å². The highest BCUT2D eigenvalue weighted by molar-refractivity contribution is 9.09. The number of rotatable bonds is 3. The van der Waals surface area contributed by atoms with Gasteiger partial charge in [0.2, 0.25) is 0 Å². The van der Waals surface area contributed by atoms with Crippen molar-refractivity contribution in [1.82, 2.24) is 14.8 Å². The van der Waals surface area contributed by atoms with E-state index in [0.29, 0.717) is 17.6 Å². The first-order valence-corrected chi connectivity index (χ1v) is 5.99. The van der Waals surface area contributed by atoms with Crippen molar-refractivity contribution in [2.45, 2.75) is 6.54 Å². The molecule has 0 aliphatic heterocycles. The van der Waals surface area contributed by atoms with Crippen molar-refractivity contribution in [3.8, 4) is 11.4 Å². The number of nitrogens with zero attached hydrogens (tertiary/aromatic N) is 3. The Morgan fingerprint density at radius 1 is 1.19 bits per heavy atom. The Morgan fingerprint density at radius 3 is 2.75 bits per heavy atom. The summed E-state index contributed by atoms with van der Waals surface area (Å²) in [5.41, 5.74) is 1.38. The molecular formula is C11H10BrN3O. The van der Waals surface area contributed by atoms with E-state index in [-0.39, 0.29) is 5.56 Å². The van der Waals surface area contributed by atoms with Crippen LogP contribution in [-0.4, -0.2) is 20.1 Å². The van der Waals surface area contributed by atoms with Crippen LogP contribution in [0.1, 0.15) is 0 Å². The molecule has 0 aliphatic carbocycles. The van der Waals surface area contributed by atoms with Gasteiger partial charge >= 0.3 is 0 Å². The number of hydrogen-bond donors (Lipinski definition) is 0. The van der Waals surface area contributed by atoms with Crippen LogP contribution in [0.2, 0.25) is 0 Å². The number of aryl methyl sites for hydroxylation is 1. The Bertz CT molecular complexity index is 524. The number of halogens is 1. The lowest BCUT2D eigenvalue weighted by molar-refractivity contribution is 0.626. The van der Waals surface area contributed by atoms with E-state index >= 15 is 0 Å². The van der Waals surface area contributed by atoms with Crippen LogP contribution in [0, 0.1) is 0 Å². The molecule has 0 saturated heterocycles. The first-order chi connectivity index (χ1) is 7.81. The Balaban J connectivity index is 2.44. The molecule has 0 bridgehead atoms. The summed E-state index contributed by atoms with van der Waals surface area (Å²) in [7, 11) is 0. The summed E-state index contributed by atoms with van der Waals surface area (Å²) >= 11 is 3.29. The maximum atomic E-state index is 11.5. The highest BCUT2D eigenvalue weighted by atomic mass is 79.9. The molecule has 2 aromatic heterocycles. The molecule has 0 radical (unpaired) electrons. The average molecular weight is 280 g/mol. The summed E-state index contributed by atoms with van der Waals surface area (Å²) in [6.07, 6.45) is 1.71. The molecule has 0 aromatic carbocycles. The predicted molar refractivity (Wildman–Crippen MR) is 65.5 cm³/mol. The lowest BCUT2D eigenvalue weighted by atomic mass is 10.2. The summed E-state index contributed by atoms with van der Waals surface area (Å²) in [5.74, 6) is 0. The third-order valence-electron chi connectivity index (χ3n) is 2.09. The molecule has 0 aliphatic rings. The Kier molecular flexibility index (Phi) is 3.46. The second-order valence-corrected chi connectivity index (χ2v) is 3.98. The van der Waals surface area contributed by atoms with E-state index in [2.05, 4.69) is 26.0 Å². The van der Waals surface area contributed by atoms with Crippen LogP contribution in [0.5, 0.6) is 0 Å². The fourth-order valence-corrected chi connectivity index (χ4v) is 1.68. The van der Waals surface area contributed by atoms with Gasteiger partial charge in [0.05, 0.1) is 12.2 Å². The van der Waals surface area contributed by atoms with Gasteiger partial charge in [0.15, 0.2) is 0 Å². The van der Waals surface area contributed by atoms with Crippen LogP contribution in [0.25, 0.3) is 11.4 Å². The summed E-state index contributed by atoms with van der Waals surface area (Å²) in [4.78, 5) is 15.6. The lowest BCUT2D eigenvalue weighted by Gasteiger charge is -2.04. The average Bonchev–Trinajstić information content (AvgIpc) is 2.33. The van der Waals surface area contributed by atoms with Crippen molar-refractivity contribution in [2.24, 2.45) is 0 Å². The van der Waals surface area contributed by atoms with E-state index < -0.39 is 0 Å². The Morgan fingerprint density at radius 2 is 2.06 bits per heavy atom. The van der Waals surface area contributed by atoms with Crippen molar-refractivity contribution in [2.75, 3.05) is 5.33 Å². The third-order valence-corrected chi connectivity index (χ3v) is 2.44. The molecule has 0 unspecified atom stereocenters. The molecule has 0 spiro atoms. The molecule has 5 heteroatoms. The fraction of sp³-hybridized carbons (Fsp3) is 0.182. The molecule has 0 N–H and O–H groups in total. The molecule has 82 valence electrons. The topological polar surface area (TPSA) is 47.8 Å². The molecule has 0 fully saturated rings. The molecule has 16 heavy (non-hydrogen) atoms. The molecular weight excluding hydrogens is 270 g/mol. The van der Waals surface area contributed by atoms with E-state index in [0.717, 1.165) is 5.69 Å². The van der Waals surface area contributed by atoms with Crippen molar-refractivity contribution in [3.05, 3.63) is 46.9 Å². The van der Waals surface area contributed by atoms with Crippen LogP contribution in [0.4, 0.5) is 0 Å². The molecule has 2 rings (SSSR count). The van der Waals surface area contributed by atoms with Crippen LogP contribution in [-0.2, 0) is 6.54 Å². The van der Waals surface area contributed by atoms with Gasteiger partial charge in [0.1, 0.15) is 5.69 Å². The number of pyridine rings is 1. The second-order valence-electron chi connectivity index (χ2n) is 3.18. The molecule has 0 amide bonds. The first-order valence-electron chi connectivity index (χ1n) is 4.87. The summed E-state index contributed by atoms with van der Waals surface area (Å²) in [6.45, 7) is 0.555. The number of alkyl halides is 1. The van der Waals surface area contributed by atoms with E-state index in [1.165, 1.54) is 10.7 Å². The van der Waals surface area contributed by atoms with Gasteiger partial charge in [-0.15, -0.1) is 0 Å². The van der Waals surface area contributed by atoms with Gasteiger partial charge in [0, 0.05) is 17.6 Å². The number of aromatic nitrogens is 3. The second kappa shape index (κ2) is 5.03. The summed E-state index contributed by atoms with van der Waals surface area (Å²) in [5, 5.41) is 4.94. The minimum absolute atomic E-state index is 0.0980. The zero-order valence-corrected chi connectivity index (χ0v) is 10.1. The maximum absolute atomic E-state index is 11.5. The maximum Gasteiger partial charge on any atom is 0.266 e. The molecule has 0 atom stereocenters. The standard InChI is InChI=1S/C11H10BrN3O/c12-6-8-15-11(16)5-4-10(14-15)9-3-1-2-7-13-9/h1-5,7H,6,8H2. The Hall–Kier alpha value is -1.49. The minimum Gasteiger partial charge on any atom is -0.268 e. The van der Waals surface area contributed by atoms with Crippen LogP contribution < -0.4 is 5.56 Å². The van der Waals surface area contributed by atoms with Crippen LogP contribution in [0.15, 0.2) is 41.3 Å². The molecule has 2 aromatic rings.